The monoisotopic (exact) mass is 469 g/mol. The Labute approximate surface area is 173 Å². The van der Waals surface area contributed by atoms with Crippen molar-refractivity contribution >= 4 is 56.0 Å². The molecule has 0 unspecified atom stereocenters. The number of halogens is 2. The number of aryl methyl sites for hydroxylation is 1. The fraction of sp³-hybridized carbons (Fsp3) is 0.412. The van der Waals surface area contributed by atoms with Crippen molar-refractivity contribution in [3.8, 4) is 0 Å². The third kappa shape index (κ3) is 3.53. The average molecular weight is 471 g/mol. The molecular weight excluding hydrogens is 454 g/mol. The first-order chi connectivity index (χ1) is 13.1. The Morgan fingerprint density at radius 3 is 2.67 bits per heavy atom. The van der Waals surface area contributed by atoms with Gasteiger partial charge in [0.05, 0.1) is 35.7 Å². The summed E-state index contributed by atoms with van der Waals surface area (Å²) in [6.45, 7) is 5.42. The van der Waals surface area contributed by atoms with Gasteiger partial charge >= 0.3 is 0 Å². The molecule has 3 heterocycles. The number of hydrogen-bond acceptors (Lipinski definition) is 8. The quantitative estimate of drug-likeness (QED) is 0.408. The molecule has 4 rings (SSSR count). The number of benzene rings is 1. The second-order valence-electron chi connectivity index (χ2n) is 5.89. The number of fused-ring (bicyclic) bond motifs is 3. The van der Waals surface area contributed by atoms with Crippen molar-refractivity contribution in [3.05, 3.63) is 32.4 Å². The molecule has 27 heavy (non-hydrogen) atoms. The van der Waals surface area contributed by atoms with E-state index in [2.05, 4.69) is 43.4 Å². The van der Waals surface area contributed by atoms with E-state index in [-0.39, 0.29) is 0 Å². The lowest BCUT2D eigenvalue weighted by Gasteiger charge is -2.14. The van der Waals surface area contributed by atoms with Gasteiger partial charge < -0.3 is 14.5 Å². The van der Waals surface area contributed by atoms with E-state index in [0.717, 1.165) is 26.7 Å². The maximum absolute atomic E-state index is 6.62. The van der Waals surface area contributed by atoms with Gasteiger partial charge in [-0.15, -0.1) is 10.2 Å². The van der Waals surface area contributed by atoms with Crippen molar-refractivity contribution in [2.75, 3.05) is 11.1 Å². The highest BCUT2D eigenvalue weighted by atomic mass is 79.9. The second kappa shape index (κ2) is 7.90. The molecular formula is C17H17BrClN5O2S. The van der Waals surface area contributed by atoms with Crippen molar-refractivity contribution < 1.29 is 9.15 Å². The summed E-state index contributed by atoms with van der Waals surface area (Å²) in [6.07, 6.45) is 0.704. The first-order valence-electron chi connectivity index (χ1n) is 8.58. The third-order valence-corrected chi connectivity index (χ3v) is 6.41. The van der Waals surface area contributed by atoms with Gasteiger partial charge in [0.25, 0.3) is 0 Å². The first-order valence-corrected chi connectivity index (χ1v) is 10.7. The van der Waals surface area contributed by atoms with Gasteiger partial charge in [0.1, 0.15) is 5.82 Å². The fourth-order valence-corrected chi connectivity index (χ4v) is 4.32. The Morgan fingerprint density at radius 2 is 1.93 bits per heavy atom. The summed E-state index contributed by atoms with van der Waals surface area (Å²) in [5, 5.41) is 13.5. The number of ether oxygens (including phenoxy) is 1. The molecule has 3 aromatic rings. The van der Waals surface area contributed by atoms with Gasteiger partial charge in [-0.25, -0.2) is 9.97 Å². The number of aromatic nitrogens is 4. The van der Waals surface area contributed by atoms with E-state index in [1.807, 2.05) is 6.92 Å². The van der Waals surface area contributed by atoms with Gasteiger partial charge in [0.2, 0.25) is 11.8 Å². The number of nitrogens with one attached hydrogen (secondary N) is 1. The molecule has 7 nitrogen and oxygen atoms in total. The minimum absolute atomic E-state index is 0.374. The molecule has 142 valence electrons. The van der Waals surface area contributed by atoms with Gasteiger partial charge in [0, 0.05) is 10.9 Å². The predicted octanol–water partition coefficient (Wildman–Crippen LogP) is 4.75. The standard InChI is InChI=1S/C17H17BrClN5O2S/c1-3-10-23-24-11(26-10)5-20-16-12-8-6-25-7-9(8)13(18)14(19)15(12)21-17(22-16)27-4-2/h3-7H2,1-2H3,(H,20,21,22). The van der Waals surface area contributed by atoms with E-state index in [0.29, 0.717) is 59.5 Å². The van der Waals surface area contributed by atoms with Crippen LogP contribution in [0.1, 0.15) is 36.8 Å². The van der Waals surface area contributed by atoms with Crippen LogP contribution in [0.25, 0.3) is 10.9 Å². The number of hydrogen-bond donors (Lipinski definition) is 1. The summed E-state index contributed by atoms with van der Waals surface area (Å²) in [4.78, 5) is 9.38. The Kier molecular flexibility index (Phi) is 5.54. The lowest BCUT2D eigenvalue weighted by Crippen LogP contribution is -2.06. The van der Waals surface area contributed by atoms with E-state index in [9.17, 15) is 0 Å². The van der Waals surface area contributed by atoms with Crippen LogP contribution in [-0.2, 0) is 30.9 Å². The average Bonchev–Trinajstić information content (AvgIpc) is 3.33. The van der Waals surface area contributed by atoms with Crippen LogP contribution in [0, 0.1) is 0 Å². The van der Waals surface area contributed by atoms with Crippen LogP contribution < -0.4 is 5.32 Å². The maximum Gasteiger partial charge on any atom is 0.235 e. The molecule has 0 atom stereocenters. The molecule has 1 N–H and O–H groups in total. The summed E-state index contributed by atoms with van der Waals surface area (Å²) in [5.74, 6) is 2.69. The molecule has 0 spiro atoms. The Balaban J connectivity index is 1.81. The van der Waals surface area contributed by atoms with Gasteiger partial charge in [-0.1, -0.05) is 37.2 Å². The van der Waals surface area contributed by atoms with Crippen LogP contribution in [0.15, 0.2) is 14.0 Å². The Morgan fingerprint density at radius 1 is 1.15 bits per heavy atom. The van der Waals surface area contributed by atoms with Crippen molar-refractivity contribution in [2.45, 2.75) is 45.2 Å². The minimum Gasteiger partial charge on any atom is -0.423 e. The zero-order chi connectivity index (χ0) is 19.0. The smallest absolute Gasteiger partial charge is 0.235 e. The summed E-state index contributed by atoms with van der Waals surface area (Å²) in [6, 6.07) is 0. The molecule has 0 amide bonds. The lowest BCUT2D eigenvalue weighted by molar-refractivity contribution is 0.134. The third-order valence-electron chi connectivity index (χ3n) is 4.20. The van der Waals surface area contributed by atoms with Crippen molar-refractivity contribution in [1.82, 2.24) is 20.2 Å². The molecule has 2 aromatic heterocycles. The predicted molar refractivity (Wildman–Crippen MR) is 108 cm³/mol. The lowest BCUT2D eigenvalue weighted by atomic mass is 10.0. The van der Waals surface area contributed by atoms with Crippen molar-refractivity contribution in [2.24, 2.45) is 0 Å². The van der Waals surface area contributed by atoms with Crippen LogP contribution in [0.4, 0.5) is 5.82 Å². The summed E-state index contributed by atoms with van der Waals surface area (Å²) in [5.41, 5.74) is 2.80. The second-order valence-corrected chi connectivity index (χ2v) is 8.29. The number of nitrogens with zero attached hydrogens (tertiary/aromatic N) is 4. The Bertz CT molecular complexity index is 1010. The molecule has 0 aliphatic carbocycles. The van der Waals surface area contributed by atoms with Crippen LogP contribution in [-0.4, -0.2) is 25.9 Å². The van der Waals surface area contributed by atoms with Gasteiger partial charge in [-0.3, -0.25) is 0 Å². The molecule has 1 aliphatic heterocycles. The molecule has 0 fully saturated rings. The van der Waals surface area contributed by atoms with E-state index < -0.39 is 0 Å². The van der Waals surface area contributed by atoms with Crippen molar-refractivity contribution in [1.29, 1.82) is 0 Å². The van der Waals surface area contributed by atoms with Crippen LogP contribution in [0.5, 0.6) is 0 Å². The van der Waals surface area contributed by atoms with E-state index in [1.54, 1.807) is 11.8 Å². The molecule has 0 bridgehead atoms. The highest BCUT2D eigenvalue weighted by Gasteiger charge is 2.25. The first kappa shape index (κ1) is 18.9. The molecule has 0 saturated carbocycles. The minimum atomic E-state index is 0.374. The van der Waals surface area contributed by atoms with Gasteiger partial charge in [-0.2, -0.15) is 0 Å². The highest BCUT2D eigenvalue weighted by molar-refractivity contribution is 9.10. The summed E-state index contributed by atoms with van der Waals surface area (Å²) in [7, 11) is 0. The van der Waals surface area contributed by atoms with Crippen molar-refractivity contribution in [3.63, 3.8) is 0 Å². The number of rotatable bonds is 6. The topological polar surface area (TPSA) is 86.0 Å². The summed E-state index contributed by atoms with van der Waals surface area (Å²) >= 11 is 11.8. The maximum atomic E-state index is 6.62. The highest BCUT2D eigenvalue weighted by Crippen LogP contribution is 2.43. The number of anilines is 1. The normalized spacial score (nSPS) is 13.3. The zero-order valence-corrected chi connectivity index (χ0v) is 18.0. The summed E-state index contributed by atoms with van der Waals surface area (Å²) < 4.78 is 12.1. The molecule has 1 aliphatic rings. The molecule has 0 saturated heterocycles. The van der Waals surface area contributed by atoms with Crippen LogP contribution in [0.2, 0.25) is 5.02 Å². The molecule has 1 aromatic carbocycles. The zero-order valence-electron chi connectivity index (χ0n) is 14.8. The number of thioether (sulfide) groups is 1. The SMILES string of the molecule is CCSc1nc(NCc2nnc(CC)o2)c2c3c(c(Br)c(Cl)c2n1)COC3. The van der Waals surface area contributed by atoms with Gasteiger partial charge in [-0.05, 0) is 32.8 Å². The fourth-order valence-electron chi connectivity index (χ4n) is 2.95. The molecule has 0 radical (unpaired) electrons. The largest absolute Gasteiger partial charge is 0.423 e. The van der Waals surface area contributed by atoms with E-state index in [4.69, 9.17) is 25.7 Å². The van der Waals surface area contributed by atoms with E-state index in [1.165, 1.54) is 0 Å². The Hall–Kier alpha value is -1.42. The van der Waals surface area contributed by atoms with Gasteiger partial charge in [0.15, 0.2) is 5.16 Å². The van der Waals surface area contributed by atoms with Crippen LogP contribution >= 0.6 is 39.3 Å². The van der Waals surface area contributed by atoms with E-state index >= 15 is 0 Å². The molecule has 10 heteroatoms. The van der Waals surface area contributed by atoms with Crippen LogP contribution in [0.3, 0.4) is 0 Å².